The predicted molar refractivity (Wildman–Crippen MR) is 65.6 cm³/mol. The number of hydrogen-bond donors (Lipinski definition) is 1. The van der Waals surface area contributed by atoms with E-state index in [1.54, 1.807) is 0 Å². The molecule has 0 saturated carbocycles. The third-order valence-electron chi connectivity index (χ3n) is 2.82. The van der Waals surface area contributed by atoms with Gasteiger partial charge in [0.1, 0.15) is 5.54 Å². The summed E-state index contributed by atoms with van der Waals surface area (Å²) in [5.41, 5.74) is -1.44. The van der Waals surface area contributed by atoms with E-state index >= 15 is 0 Å². The number of carboxylic acid groups (broad SMARTS) is 1. The Labute approximate surface area is 110 Å². The first kappa shape index (κ1) is 15.2. The number of carboxylic acids is 1. The summed E-state index contributed by atoms with van der Waals surface area (Å²) in [5.74, 6) is -2.11. The van der Waals surface area contributed by atoms with E-state index < -0.39 is 27.3 Å². The maximum Gasteiger partial charge on any atom is 0.329 e. The van der Waals surface area contributed by atoms with Crippen molar-refractivity contribution in [3.05, 3.63) is 17.9 Å². The summed E-state index contributed by atoms with van der Waals surface area (Å²) in [6.45, 7) is 2.71. The van der Waals surface area contributed by atoms with Crippen LogP contribution in [0.4, 0.5) is 0 Å². The van der Waals surface area contributed by atoms with Crippen LogP contribution in [0.5, 0.6) is 0 Å². The Morgan fingerprint density at radius 2 is 1.84 bits per heavy atom. The topological polar surface area (TPSA) is 105 Å². The van der Waals surface area contributed by atoms with Crippen LogP contribution in [-0.2, 0) is 14.6 Å². The van der Waals surface area contributed by atoms with Crippen LogP contribution in [0.1, 0.15) is 24.4 Å². The molecule has 1 aromatic heterocycles. The molecule has 0 unspecified atom stereocenters. The molecule has 0 fully saturated rings. The average molecular weight is 289 g/mol. The zero-order chi connectivity index (χ0) is 15.0. The number of carbonyl (C=O) groups is 2. The maximum absolute atomic E-state index is 12.0. The van der Waals surface area contributed by atoms with E-state index in [2.05, 4.69) is 0 Å². The lowest BCUT2D eigenvalue weighted by Gasteiger charge is -2.30. The van der Waals surface area contributed by atoms with E-state index in [1.165, 1.54) is 27.0 Å². The summed E-state index contributed by atoms with van der Waals surface area (Å²) < 4.78 is 27.4. The molecule has 1 N–H and O–H groups in total. The van der Waals surface area contributed by atoms with Crippen molar-refractivity contribution in [2.45, 2.75) is 24.5 Å². The summed E-state index contributed by atoms with van der Waals surface area (Å²) >= 11 is 0. The van der Waals surface area contributed by atoms with E-state index in [0.717, 1.165) is 17.2 Å². The zero-order valence-electron chi connectivity index (χ0n) is 11.0. The van der Waals surface area contributed by atoms with Gasteiger partial charge in [-0.2, -0.15) is 0 Å². The molecule has 106 valence electrons. The van der Waals surface area contributed by atoms with Crippen molar-refractivity contribution in [1.82, 2.24) is 4.90 Å². The van der Waals surface area contributed by atoms with E-state index in [9.17, 15) is 18.0 Å². The second-order valence-corrected chi connectivity index (χ2v) is 6.57. The first-order chi connectivity index (χ1) is 8.48. The van der Waals surface area contributed by atoms with Crippen molar-refractivity contribution in [3.8, 4) is 0 Å². The Morgan fingerprint density at radius 3 is 2.21 bits per heavy atom. The van der Waals surface area contributed by atoms with E-state index in [0.29, 0.717) is 0 Å². The molecule has 0 aliphatic heterocycles. The molecule has 0 aliphatic rings. The minimum absolute atomic E-state index is 0.225. The van der Waals surface area contributed by atoms with Gasteiger partial charge in [0.25, 0.3) is 5.91 Å². The number of rotatable bonds is 4. The number of furan rings is 1. The van der Waals surface area contributed by atoms with Gasteiger partial charge in [0.05, 0.1) is 0 Å². The van der Waals surface area contributed by atoms with Crippen LogP contribution in [0.25, 0.3) is 0 Å². The summed E-state index contributed by atoms with van der Waals surface area (Å²) in [7, 11) is -2.24. The molecular weight excluding hydrogens is 274 g/mol. The number of hydrogen-bond acceptors (Lipinski definition) is 5. The number of sulfone groups is 1. The lowest BCUT2D eigenvalue weighted by Crippen LogP contribution is -2.50. The predicted octanol–water partition coefficient (Wildman–Crippen LogP) is 0.618. The fourth-order valence-electron chi connectivity index (χ4n) is 1.20. The van der Waals surface area contributed by atoms with Crippen LogP contribution < -0.4 is 0 Å². The van der Waals surface area contributed by atoms with Crippen LogP contribution in [0.15, 0.2) is 21.6 Å². The van der Waals surface area contributed by atoms with E-state index in [-0.39, 0.29) is 10.9 Å². The van der Waals surface area contributed by atoms with Crippen molar-refractivity contribution in [3.63, 3.8) is 0 Å². The molecule has 7 nitrogen and oxygen atoms in total. The standard InChI is InChI=1S/C11H15NO6S/c1-11(2,10(14)15)12(3)9(13)7-5-6-8(18-7)19(4,16)17/h5-6H,1-4H3,(H,14,15). The van der Waals surface area contributed by atoms with E-state index in [4.69, 9.17) is 9.52 Å². The van der Waals surface area contributed by atoms with Crippen LogP contribution >= 0.6 is 0 Å². The Balaban J connectivity index is 3.09. The van der Waals surface area contributed by atoms with Crippen LogP contribution in [0, 0.1) is 0 Å². The van der Waals surface area contributed by atoms with Crippen molar-refractivity contribution < 1.29 is 27.5 Å². The smallest absolute Gasteiger partial charge is 0.329 e. The van der Waals surface area contributed by atoms with Gasteiger partial charge in [-0.15, -0.1) is 0 Å². The summed E-state index contributed by atoms with van der Waals surface area (Å²) in [4.78, 5) is 24.0. The van der Waals surface area contributed by atoms with Crippen LogP contribution in [0.3, 0.4) is 0 Å². The van der Waals surface area contributed by atoms with Gasteiger partial charge in [0, 0.05) is 13.3 Å². The van der Waals surface area contributed by atoms with Crippen LogP contribution in [-0.4, -0.2) is 49.1 Å². The van der Waals surface area contributed by atoms with Gasteiger partial charge in [-0.1, -0.05) is 0 Å². The Morgan fingerprint density at radius 1 is 1.32 bits per heavy atom. The minimum atomic E-state index is -3.55. The van der Waals surface area contributed by atoms with Crippen molar-refractivity contribution in [2.24, 2.45) is 0 Å². The number of likely N-dealkylation sites (N-methyl/N-ethyl adjacent to an activating group) is 1. The molecular formula is C11H15NO6S. The van der Waals surface area contributed by atoms with Gasteiger partial charge in [-0.3, -0.25) is 4.79 Å². The molecule has 0 radical (unpaired) electrons. The van der Waals surface area contributed by atoms with Crippen molar-refractivity contribution in [2.75, 3.05) is 13.3 Å². The number of aliphatic carboxylic acids is 1. The quantitative estimate of drug-likeness (QED) is 0.871. The monoisotopic (exact) mass is 289 g/mol. The van der Waals surface area contributed by atoms with Gasteiger partial charge in [-0.05, 0) is 26.0 Å². The molecule has 0 aliphatic carbocycles. The Kier molecular flexibility index (Phi) is 3.76. The second-order valence-electron chi connectivity index (χ2n) is 4.62. The fraction of sp³-hybridized carbons (Fsp3) is 0.455. The van der Waals surface area contributed by atoms with Crippen molar-refractivity contribution in [1.29, 1.82) is 0 Å². The third-order valence-corrected chi connectivity index (χ3v) is 3.77. The molecule has 0 spiro atoms. The molecule has 1 amide bonds. The zero-order valence-corrected chi connectivity index (χ0v) is 11.8. The molecule has 0 aromatic carbocycles. The normalized spacial score (nSPS) is 12.2. The van der Waals surface area contributed by atoms with E-state index in [1.807, 2.05) is 0 Å². The third kappa shape index (κ3) is 2.95. The van der Waals surface area contributed by atoms with Crippen LogP contribution in [0.2, 0.25) is 0 Å². The molecule has 1 rings (SSSR count). The highest BCUT2D eigenvalue weighted by molar-refractivity contribution is 7.90. The van der Waals surface area contributed by atoms with Gasteiger partial charge in [0.2, 0.25) is 14.9 Å². The molecule has 0 bridgehead atoms. The van der Waals surface area contributed by atoms with Crippen molar-refractivity contribution >= 4 is 21.7 Å². The van der Waals surface area contributed by atoms with Gasteiger partial charge >= 0.3 is 5.97 Å². The van der Waals surface area contributed by atoms with Gasteiger partial charge in [-0.25, -0.2) is 13.2 Å². The number of nitrogens with zero attached hydrogens (tertiary/aromatic N) is 1. The Bertz CT molecular complexity index is 613. The first-order valence-electron chi connectivity index (χ1n) is 5.29. The minimum Gasteiger partial charge on any atom is -0.480 e. The molecule has 0 atom stereocenters. The molecule has 8 heteroatoms. The molecule has 1 heterocycles. The molecule has 1 aromatic rings. The number of carbonyl (C=O) groups excluding carboxylic acids is 1. The van der Waals surface area contributed by atoms with Gasteiger partial charge < -0.3 is 14.4 Å². The highest BCUT2D eigenvalue weighted by Gasteiger charge is 2.36. The molecule has 0 saturated heterocycles. The number of amides is 1. The highest BCUT2D eigenvalue weighted by Crippen LogP contribution is 2.19. The SMILES string of the molecule is CN(C(=O)c1ccc(S(C)(=O)=O)o1)C(C)(C)C(=O)O. The largest absolute Gasteiger partial charge is 0.480 e. The summed E-state index contributed by atoms with van der Waals surface area (Å²) in [5, 5.41) is 8.69. The first-order valence-corrected chi connectivity index (χ1v) is 7.18. The summed E-state index contributed by atoms with van der Waals surface area (Å²) in [6.07, 6.45) is 0.949. The fourth-order valence-corrected chi connectivity index (χ4v) is 1.75. The Hall–Kier alpha value is -1.83. The maximum atomic E-state index is 12.0. The molecule has 19 heavy (non-hydrogen) atoms. The highest BCUT2D eigenvalue weighted by atomic mass is 32.2. The van der Waals surface area contributed by atoms with Gasteiger partial charge in [0.15, 0.2) is 5.76 Å². The second kappa shape index (κ2) is 4.69. The average Bonchev–Trinajstić information content (AvgIpc) is 2.75. The lowest BCUT2D eigenvalue weighted by atomic mass is 10.0. The lowest BCUT2D eigenvalue weighted by molar-refractivity contribution is -0.147. The summed E-state index contributed by atoms with van der Waals surface area (Å²) in [6, 6.07) is 2.36.